The molecule has 1 aliphatic rings. The molecule has 0 amide bonds. The van der Waals surface area contributed by atoms with Gasteiger partial charge in [-0.15, -0.1) is 10.2 Å². The predicted octanol–water partition coefficient (Wildman–Crippen LogP) is 2.24. The van der Waals surface area contributed by atoms with Gasteiger partial charge in [0.05, 0.1) is 19.8 Å². The minimum Gasteiger partial charge on any atom is -0.494 e. The third kappa shape index (κ3) is 5.91. The molecule has 30 heavy (non-hydrogen) atoms. The van der Waals surface area contributed by atoms with Crippen LogP contribution in [-0.4, -0.2) is 65.6 Å². The number of hydrogen-bond acceptors (Lipinski definition) is 5. The highest BCUT2D eigenvalue weighted by atomic mass is 19.1. The molecule has 3 rings (SSSR count). The fraction of sp³-hybridized carbons (Fsp3) is 0.571. The van der Waals surface area contributed by atoms with Crippen LogP contribution in [0.25, 0.3) is 0 Å². The number of nitrogens with zero attached hydrogens (tertiary/aromatic N) is 5. The van der Waals surface area contributed by atoms with Crippen molar-refractivity contribution < 1.29 is 13.9 Å². The minimum absolute atomic E-state index is 0.165. The summed E-state index contributed by atoms with van der Waals surface area (Å²) >= 11 is 0. The lowest BCUT2D eigenvalue weighted by Crippen LogP contribution is -2.40. The summed E-state index contributed by atoms with van der Waals surface area (Å²) in [5, 5.41) is 11.5. The minimum atomic E-state index is -0.367. The number of guanidine groups is 1. The standard InChI is InChI=1S/C21H31FN6O2/c1-4-20-26-25-15-28(20)10-9-23-21(24-13-17-6-5-11-30-17)27(2)14-16-7-8-19(29-3)18(22)12-16/h7-8,12,15,17H,4-6,9-11,13-14H2,1-3H3,(H,23,24). The summed E-state index contributed by atoms with van der Waals surface area (Å²) in [4.78, 5) is 6.76. The average molecular weight is 419 g/mol. The van der Waals surface area contributed by atoms with Crippen LogP contribution in [0.2, 0.25) is 0 Å². The van der Waals surface area contributed by atoms with E-state index in [1.54, 1.807) is 12.4 Å². The van der Waals surface area contributed by atoms with Crippen molar-refractivity contribution in [3.05, 3.63) is 41.7 Å². The number of nitrogens with one attached hydrogen (secondary N) is 1. The van der Waals surface area contributed by atoms with E-state index in [-0.39, 0.29) is 17.7 Å². The molecule has 0 bridgehead atoms. The maximum Gasteiger partial charge on any atom is 0.194 e. The number of hydrogen-bond donors (Lipinski definition) is 1. The summed E-state index contributed by atoms with van der Waals surface area (Å²) < 4.78 is 26.8. The van der Waals surface area contributed by atoms with Gasteiger partial charge in [-0.25, -0.2) is 4.39 Å². The molecule has 0 radical (unpaired) electrons. The molecule has 0 aliphatic carbocycles. The van der Waals surface area contributed by atoms with Gasteiger partial charge in [0.1, 0.15) is 12.2 Å². The van der Waals surface area contributed by atoms with Crippen molar-refractivity contribution >= 4 is 5.96 Å². The number of aryl methyl sites for hydroxylation is 1. The lowest BCUT2D eigenvalue weighted by Gasteiger charge is -2.23. The van der Waals surface area contributed by atoms with Crippen LogP contribution < -0.4 is 10.1 Å². The normalized spacial score (nSPS) is 16.7. The summed E-state index contributed by atoms with van der Waals surface area (Å²) in [6, 6.07) is 5.01. The van der Waals surface area contributed by atoms with Crippen LogP contribution in [0.5, 0.6) is 5.75 Å². The molecule has 0 spiro atoms. The fourth-order valence-corrected chi connectivity index (χ4v) is 3.47. The first kappa shape index (κ1) is 22.0. The Hall–Kier alpha value is -2.68. The first-order chi connectivity index (χ1) is 14.6. The second-order valence-corrected chi connectivity index (χ2v) is 7.35. The molecule has 1 aromatic carbocycles. The van der Waals surface area contributed by atoms with Gasteiger partial charge in [-0.2, -0.15) is 0 Å². The molecule has 1 aromatic heterocycles. The maximum absolute atomic E-state index is 14.1. The number of halogens is 1. The Kier molecular flexibility index (Phi) is 8.01. The molecular formula is C21H31FN6O2. The molecule has 0 saturated carbocycles. The number of ether oxygens (including phenoxy) is 2. The van der Waals surface area contributed by atoms with Crippen LogP contribution in [0.15, 0.2) is 29.5 Å². The van der Waals surface area contributed by atoms with Gasteiger partial charge in [0.2, 0.25) is 0 Å². The summed E-state index contributed by atoms with van der Waals surface area (Å²) in [7, 11) is 3.41. The van der Waals surface area contributed by atoms with Gasteiger partial charge in [-0.3, -0.25) is 4.99 Å². The van der Waals surface area contributed by atoms with Crippen molar-refractivity contribution in [2.45, 2.75) is 45.4 Å². The number of benzene rings is 1. The summed E-state index contributed by atoms with van der Waals surface area (Å²) in [6.45, 7) is 5.40. The number of aliphatic imine (C=N–C) groups is 1. The Bertz CT molecular complexity index is 835. The summed E-state index contributed by atoms with van der Waals surface area (Å²) in [6.07, 6.45) is 4.86. The van der Waals surface area contributed by atoms with E-state index in [1.165, 1.54) is 13.2 Å². The molecule has 2 aromatic rings. The average Bonchev–Trinajstić information content (AvgIpc) is 3.42. The van der Waals surface area contributed by atoms with Crippen LogP contribution >= 0.6 is 0 Å². The molecule has 1 saturated heterocycles. The molecule has 164 valence electrons. The second kappa shape index (κ2) is 10.9. The molecule has 1 unspecified atom stereocenters. The van der Waals surface area contributed by atoms with Gasteiger partial charge in [0.25, 0.3) is 0 Å². The van der Waals surface area contributed by atoms with Crippen LogP contribution in [0, 0.1) is 5.82 Å². The Morgan fingerprint density at radius 3 is 3.03 bits per heavy atom. The Morgan fingerprint density at radius 2 is 2.33 bits per heavy atom. The van der Waals surface area contributed by atoms with Crippen LogP contribution in [0.4, 0.5) is 4.39 Å². The predicted molar refractivity (Wildman–Crippen MR) is 113 cm³/mol. The highest BCUT2D eigenvalue weighted by Gasteiger charge is 2.16. The highest BCUT2D eigenvalue weighted by molar-refractivity contribution is 5.79. The monoisotopic (exact) mass is 418 g/mol. The van der Waals surface area contributed by atoms with E-state index < -0.39 is 0 Å². The van der Waals surface area contributed by atoms with E-state index in [2.05, 4.69) is 22.4 Å². The molecule has 1 aliphatic heterocycles. The van der Waals surface area contributed by atoms with E-state index in [1.807, 2.05) is 22.6 Å². The van der Waals surface area contributed by atoms with Gasteiger partial charge in [0.15, 0.2) is 17.5 Å². The molecular weight excluding hydrogens is 387 g/mol. The van der Waals surface area contributed by atoms with E-state index >= 15 is 0 Å². The van der Waals surface area contributed by atoms with Crippen molar-refractivity contribution in [3.63, 3.8) is 0 Å². The SMILES string of the molecule is CCc1nncn1CCNC(=NCC1CCCO1)N(C)Cc1ccc(OC)c(F)c1. The Labute approximate surface area is 177 Å². The smallest absolute Gasteiger partial charge is 0.194 e. The Balaban J connectivity index is 1.64. The van der Waals surface area contributed by atoms with Crippen LogP contribution in [0.1, 0.15) is 31.2 Å². The van der Waals surface area contributed by atoms with Gasteiger partial charge in [-0.05, 0) is 30.5 Å². The van der Waals surface area contributed by atoms with Crippen molar-refractivity contribution in [3.8, 4) is 5.75 Å². The zero-order valence-electron chi connectivity index (χ0n) is 18.0. The lowest BCUT2D eigenvalue weighted by molar-refractivity contribution is 0.117. The van der Waals surface area contributed by atoms with E-state index in [9.17, 15) is 4.39 Å². The largest absolute Gasteiger partial charge is 0.494 e. The number of methoxy groups -OCH3 is 1. The van der Waals surface area contributed by atoms with Crippen molar-refractivity contribution in [1.29, 1.82) is 0 Å². The third-order valence-corrected chi connectivity index (χ3v) is 5.11. The van der Waals surface area contributed by atoms with Gasteiger partial charge in [0, 0.05) is 39.7 Å². The third-order valence-electron chi connectivity index (χ3n) is 5.11. The molecule has 9 heteroatoms. The zero-order chi connectivity index (χ0) is 21.3. The zero-order valence-corrected chi connectivity index (χ0v) is 18.0. The van der Waals surface area contributed by atoms with E-state index in [4.69, 9.17) is 14.5 Å². The topological polar surface area (TPSA) is 76.8 Å². The summed E-state index contributed by atoms with van der Waals surface area (Å²) in [5.41, 5.74) is 0.842. The fourth-order valence-electron chi connectivity index (χ4n) is 3.47. The molecule has 2 heterocycles. The van der Waals surface area contributed by atoms with Gasteiger partial charge in [-0.1, -0.05) is 13.0 Å². The second-order valence-electron chi connectivity index (χ2n) is 7.35. The number of rotatable bonds is 9. The molecule has 1 fully saturated rings. The van der Waals surface area contributed by atoms with Crippen molar-refractivity contribution in [1.82, 2.24) is 25.0 Å². The van der Waals surface area contributed by atoms with Crippen molar-refractivity contribution in [2.75, 3.05) is 33.9 Å². The Morgan fingerprint density at radius 1 is 1.47 bits per heavy atom. The van der Waals surface area contributed by atoms with Crippen LogP contribution in [0.3, 0.4) is 0 Å². The van der Waals surface area contributed by atoms with Crippen LogP contribution in [-0.2, 0) is 24.2 Å². The molecule has 1 atom stereocenters. The molecule has 1 N–H and O–H groups in total. The van der Waals surface area contributed by atoms with E-state index in [0.717, 1.165) is 49.8 Å². The maximum atomic E-state index is 14.1. The van der Waals surface area contributed by atoms with Gasteiger partial charge < -0.3 is 24.3 Å². The first-order valence-corrected chi connectivity index (χ1v) is 10.4. The summed E-state index contributed by atoms with van der Waals surface area (Å²) in [5.74, 6) is 1.59. The first-order valence-electron chi connectivity index (χ1n) is 10.4. The van der Waals surface area contributed by atoms with Crippen molar-refractivity contribution in [2.24, 2.45) is 4.99 Å². The lowest BCUT2D eigenvalue weighted by atomic mass is 10.2. The molecule has 8 nitrogen and oxygen atoms in total. The van der Waals surface area contributed by atoms with Gasteiger partial charge >= 0.3 is 0 Å². The highest BCUT2D eigenvalue weighted by Crippen LogP contribution is 2.18. The number of aromatic nitrogens is 3. The van der Waals surface area contributed by atoms with E-state index in [0.29, 0.717) is 19.6 Å². The quantitative estimate of drug-likeness (QED) is 0.497.